The number of amides is 4. The summed E-state index contributed by atoms with van der Waals surface area (Å²) in [6.45, 7) is 6.91. The Balaban J connectivity index is 1.09. The molecule has 2 aliphatic rings. The zero-order chi connectivity index (χ0) is 48.1. The van der Waals surface area contributed by atoms with Gasteiger partial charge in [0.25, 0.3) is 15.9 Å². The minimum absolute atomic E-state index is 0.0172. The first-order chi connectivity index (χ1) is 31.9. The molecule has 4 atom stereocenters. The van der Waals surface area contributed by atoms with E-state index in [0.29, 0.717) is 46.5 Å². The van der Waals surface area contributed by atoms with Crippen LogP contribution in [0.15, 0.2) is 108 Å². The van der Waals surface area contributed by atoms with Crippen molar-refractivity contribution in [3.05, 3.63) is 114 Å². The molecule has 16 nitrogen and oxygen atoms in total. The highest BCUT2D eigenvalue weighted by atomic mass is 32.2. The maximum absolute atomic E-state index is 14.5. The third-order valence-corrected chi connectivity index (χ3v) is 13.2. The molecule has 1 saturated carbocycles. The van der Waals surface area contributed by atoms with Crippen molar-refractivity contribution in [2.45, 2.75) is 94.4 Å². The molecule has 3 N–H and O–H groups in total. The summed E-state index contributed by atoms with van der Waals surface area (Å²) >= 11 is 0. The summed E-state index contributed by atoms with van der Waals surface area (Å²) in [6, 6.07) is 28.4. The number of para-hydroxylation sites is 1. The fraction of sp³-hybridized carbons (Fsp3) is 0.360. The number of nitrogens with one attached hydrogen (secondary N) is 3. The van der Waals surface area contributed by atoms with Crippen LogP contribution in [0.2, 0.25) is 0 Å². The molecule has 0 bridgehead atoms. The molecular formula is C50H55N5O11S. The predicted molar refractivity (Wildman–Crippen MR) is 250 cm³/mol. The summed E-state index contributed by atoms with van der Waals surface area (Å²) in [6.07, 6.45) is -0.402. The number of methoxy groups -OCH3 is 2. The largest absolute Gasteiger partial charge is 0.497 e. The van der Waals surface area contributed by atoms with Crippen LogP contribution in [-0.4, -0.2) is 92.1 Å². The maximum atomic E-state index is 14.5. The van der Waals surface area contributed by atoms with Gasteiger partial charge in [0.05, 0.1) is 44.1 Å². The molecule has 1 saturated heterocycles. The van der Waals surface area contributed by atoms with Crippen LogP contribution >= 0.6 is 0 Å². The highest BCUT2D eigenvalue weighted by Gasteiger charge is 2.62. The molecule has 5 aromatic rings. The van der Waals surface area contributed by atoms with Crippen LogP contribution in [0, 0.1) is 5.92 Å². The normalized spacial score (nSPS) is 19.0. The first kappa shape index (κ1) is 47.9. The average molecular weight is 934 g/mol. The zero-order valence-electron chi connectivity index (χ0n) is 38.3. The summed E-state index contributed by atoms with van der Waals surface area (Å²) in [4.78, 5) is 73.2. The lowest BCUT2D eigenvalue weighted by atomic mass is 10.0. The molecule has 67 heavy (non-hydrogen) atoms. The SMILES string of the molecule is CC[C@@H]1C[C@]1(NC(=O)[C@@H]1C[C@@H](Oc2cc(-c3ccccc3)nc3cc(OC)ccc23)CN1C(=O)OC(C)(C)C)C(=O)NS(=O)(=O)c1ccccc1NC(=O)Cc1cccc(CCC(=O)OC)c1. The fourth-order valence-electron chi connectivity index (χ4n) is 8.30. The quantitative estimate of drug-likeness (QED) is 0.0879. The summed E-state index contributed by atoms with van der Waals surface area (Å²) in [5.41, 5.74) is 0.958. The van der Waals surface area contributed by atoms with Gasteiger partial charge in [0.1, 0.15) is 39.7 Å². The number of aryl methyl sites for hydroxylation is 1. The van der Waals surface area contributed by atoms with Crippen molar-refractivity contribution in [2.75, 3.05) is 26.1 Å². The third kappa shape index (κ3) is 11.3. The highest BCUT2D eigenvalue weighted by molar-refractivity contribution is 7.90. The number of ether oxygens (including phenoxy) is 4. The molecule has 7 rings (SSSR count). The van der Waals surface area contributed by atoms with Crippen LogP contribution in [0.25, 0.3) is 22.2 Å². The van der Waals surface area contributed by atoms with E-state index in [1.54, 1.807) is 64.3 Å². The third-order valence-electron chi connectivity index (χ3n) is 11.8. The predicted octanol–water partition coefficient (Wildman–Crippen LogP) is 6.74. The standard InChI is InChI=1S/C50H55N5O11S/c1-7-34-29-50(34,47(59)54-67(61,62)43-19-12-11-18-38(43)52-44(56)25-32-15-13-14-31(24-32)20-23-45(57)64-6)53-46(58)41-27-36(30-55(41)48(60)66-49(2,3)4)65-42-28-39(33-16-9-8-10-17-33)51-40-26-35(63-5)21-22-37(40)42/h8-19,21-22,24,26,28,34,36,41H,7,20,23,25,27,29-30H2,1-6H3,(H,52,56)(H,53,58)(H,54,59)/t34-,36-,41+,50-/m1/s1. The van der Waals surface area contributed by atoms with Gasteiger partial charge in [-0.2, -0.15) is 0 Å². The number of hydrogen-bond acceptors (Lipinski definition) is 12. The molecule has 4 aromatic carbocycles. The van der Waals surface area contributed by atoms with Gasteiger partial charge in [-0.05, 0) is 74.9 Å². The van der Waals surface area contributed by atoms with E-state index in [1.807, 2.05) is 55.5 Å². The lowest BCUT2D eigenvalue weighted by Crippen LogP contribution is -2.56. The number of carbonyl (C=O) groups is 5. The number of fused-ring (bicyclic) bond motifs is 1. The van der Waals surface area contributed by atoms with Gasteiger partial charge in [0.15, 0.2) is 0 Å². The van der Waals surface area contributed by atoms with Gasteiger partial charge in [-0.15, -0.1) is 0 Å². The maximum Gasteiger partial charge on any atom is 0.411 e. The Labute approximate surface area is 389 Å². The first-order valence-corrected chi connectivity index (χ1v) is 23.5. The van der Waals surface area contributed by atoms with Gasteiger partial charge in [-0.25, -0.2) is 22.9 Å². The molecule has 1 aromatic heterocycles. The molecule has 2 heterocycles. The van der Waals surface area contributed by atoms with Gasteiger partial charge in [0.2, 0.25) is 11.8 Å². The molecule has 352 valence electrons. The number of likely N-dealkylation sites (tertiary alicyclic amines) is 1. The molecule has 2 fully saturated rings. The lowest BCUT2D eigenvalue weighted by molar-refractivity contribution is -0.140. The van der Waals surface area contributed by atoms with Crippen molar-refractivity contribution < 1.29 is 51.3 Å². The monoisotopic (exact) mass is 933 g/mol. The molecular weight excluding hydrogens is 879 g/mol. The van der Waals surface area contributed by atoms with E-state index >= 15 is 0 Å². The summed E-state index contributed by atoms with van der Waals surface area (Å²) in [5, 5.41) is 6.18. The van der Waals surface area contributed by atoms with Gasteiger partial charge >= 0.3 is 12.1 Å². The number of benzene rings is 4. The van der Waals surface area contributed by atoms with Gasteiger partial charge < -0.3 is 29.6 Å². The average Bonchev–Trinajstić information content (AvgIpc) is 3.85. The van der Waals surface area contributed by atoms with Crippen LogP contribution in [0.1, 0.15) is 64.5 Å². The van der Waals surface area contributed by atoms with E-state index in [0.717, 1.165) is 11.1 Å². The molecule has 0 unspecified atom stereocenters. The van der Waals surface area contributed by atoms with E-state index in [4.69, 9.17) is 23.9 Å². The number of sulfonamides is 1. The van der Waals surface area contributed by atoms with Crippen molar-refractivity contribution in [1.29, 1.82) is 0 Å². The van der Waals surface area contributed by atoms with Crippen molar-refractivity contribution in [1.82, 2.24) is 19.9 Å². The molecule has 1 aliphatic heterocycles. The highest BCUT2D eigenvalue weighted by Crippen LogP contribution is 2.47. The van der Waals surface area contributed by atoms with Crippen molar-refractivity contribution >= 4 is 56.4 Å². The number of esters is 1. The van der Waals surface area contributed by atoms with Gasteiger partial charge in [-0.1, -0.05) is 80.1 Å². The Morgan fingerprint density at radius 3 is 2.31 bits per heavy atom. The summed E-state index contributed by atoms with van der Waals surface area (Å²) in [5.74, 6) is -1.88. The van der Waals surface area contributed by atoms with E-state index < -0.39 is 63.0 Å². The smallest absolute Gasteiger partial charge is 0.411 e. The first-order valence-electron chi connectivity index (χ1n) is 22.0. The van der Waals surface area contributed by atoms with E-state index in [2.05, 4.69) is 15.4 Å². The number of rotatable bonds is 16. The minimum Gasteiger partial charge on any atom is -0.497 e. The van der Waals surface area contributed by atoms with Crippen LogP contribution in [0.4, 0.5) is 10.5 Å². The minimum atomic E-state index is -4.62. The number of anilines is 1. The summed E-state index contributed by atoms with van der Waals surface area (Å²) < 4.78 is 52.8. The van der Waals surface area contributed by atoms with E-state index in [1.165, 1.54) is 30.2 Å². The second kappa shape index (κ2) is 19.8. The Hall–Kier alpha value is -7.01. The van der Waals surface area contributed by atoms with E-state index in [9.17, 15) is 32.4 Å². The fourth-order valence-corrected chi connectivity index (χ4v) is 9.50. The van der Waals surface area contributed by atoms with Gasteiger partial charge in [-0.3, -0.25) is 24.1 Å². The van der Waals surface area contributed by atoms with Crippen molar-refractivity contribution in [2.24, 2.45) is 5.92 Å². The Morgan fingerprint density at radius 1 is 0.881 bits per heavy atom. The van der Waals surface area contributed by atoms with Crippen LogP contribution in [0.3, 0.4) is 0 Å². The Morgan fingerprint density at radius 2 is 1.61 bits per heavy atom. The number of hydrogen-bond donors (Lipinski definition) is 3. The lowest BCUT2D eigenvalue weighted by Gasteiger charge is -2.29. The zero-order valence-corrected chi connectivity index (χ0v) is 39.1. The topological polar surface area (TPSA) is 209 Å². The number of carbonyl (C=O) groups excluding carboxylic acids is 5. The molecule has 17 heteroatoms. The van der Waals surface area contributed by atoms with Crippen LogP contribution in [-0.2, 0) is 51.5 Å². The number of nitrogens with zero attached hydrogens (tertiary/aromatic N) is 2. The van der Waals surface area contributed by atoms with E-state index in [-0.39, 0.29) is 48.8 Å². The van der Waals surface area contributed by atoms with Crippen molar-refractivity contribution in [3.8, 4) is 22.8 Å². The number of pyridine rings is 1. The van der Waals surface area contributed by atoms with Crippen LogP contribution in [0.5, 0.6) is 11.5 Å². The van der Waals surface area contributed by atoms with Gasteiger partial charge in [0, 0.05) is 35.9 Å². The summed E-state index contributed by atoms with van der Waals surface area (Å²) in [7, 11) is -1.75. The molecule has 1 aliphatic carbocycles. The number of aromatic nitrogens is 1. The molecule has 4 amide bonds. The second-order valence-corrected chi connectivity index (χ2v) is 19.4. The molecule has 0 radical (unpaired) electrons. The molecule has 0 spiro atoms. The Bertz CT molecular complexity index is 2800. The Kier molecular flexibility index (Phi) is 14.2. The second-order valence-electron chi connectivity index (χ2n) is 17.7. The van der Waals surface area contributed by atoms with Crippen LogP contribution < -0.4 is 24.8 Å². The van der Waals surface area contributed by atoms with Crippen molar-refractivity contribution in [3.63, 3.8) is 0 Å².